The van der Waals surface area contributed by atoms with Crippen molar-refractivity contribution in [3.05, 3.63) is 46.7 Å². The molecule has 1 aliphatic heterocycles. The molecular formula is C23H31ClN5O+. The molecule has 3 heterocycles. The highest BCUT2D eigenvalue weighted by atomic mass is 35.5. The molecule has 0 saturated carbocycles. The summed E-state index contributed by atoms with van der Waals surface area (Å²) >= 11 is 6.11. The van der Waals surface area contributed by atoms with Crippen molar-refractivity contribution in [2.24, 2.45) is 0 Å². The zero-order valence-electron chi connectivity index (χ0n) is 18.3. The van der Waals surface area contributed by atoms with Crippen LogP contribution in [0.15, 0.2) is 30.3 Å². The molecule has 1 fully saturated rings. The number of benzene rings is 1. The summed E-state index contributed by atoms with van der Waals surface area (Å²) in [4.78, 5) is 6.61. The van der Waals surface area contributed by atoms with E-state index >= 15 is 0 Å². The van der Waals surface area contributed by atoms with Gasteiger partial charge in [-0.2, -0.15) is 9.61 Å². The van der Waals surface area contributed by atoms with Gasteiger partial charge in [-0.3, -0.25) is 0 Å². The van der Waals surface area contributed by atoms with Crippen LogP contribution in [0.3, 0.4) is 0 Å². The SMILES string of the molecule is Cc1nn2c(NCC[NH+]3CCOCC3)cc(C(C)(C)C)nc2c1-c1ccc(Cl)cc1. The summed E-state index contributed by atoms with van der Waals surface area (Å²) in [7, 11) is 0. The maximum atomic E-state index is 6.11. The predicted molar refractivity (Wildman–Crippen MR) is 122 cm³/mol. The molecule has 2 N–H and O–H groups in total. The molecule has 160 valence electrons. The van der Waals surface area contributed by atoms with Gasteiger partial charge in [0.05, 0.1) is 37.7 Å². The maximum Gasteiger partial charge on any atom is 0.165 e. The van der Waals surface area contributed by atoms with Crippen molar-refractivity contribution in [3.8, 4) is 11.1 Å². The monoisotopic (exact) mass is 428 g/mol. The highest BCUT2D eigenvalue weighted by Gasteiger charge is 2.22. The van der Waals surface area contributed by atoms with Gasteiger partial charge in [-0.15, -0.1) is 0 Å². The van der Waals surface area contributed by atoms with Crippen molar-refractivity contribution >= 4 is 23.1 Å². The highest BCUT2D eigenvalue weighted by Crippen LogP contribution is 2.32. The van der Waals surface area contributed by atoms with Gasteiger partial charge in [0.15, 0.2) is 5.65 Å². The fourth-order valence-corrected chi connectivity index (χ4v) is 3.99. The largest absolute Gasteiger partial charge is 0.370 e. The van der Waals surface area contributed by atoms with Gasteiger partial charge in [0.1, 0.15) is 18.9 Å². The smallest absolute Gasteiger partial charge is 0.165 e. The molecule has 3 aromatic rings. The molecule has 2 aromatic heterocycles. The maximum absolute atomic E-state index is 6.11. The quantitative estimate of drug-likeness (QED) is 0.656. The number of rotatable bonds is 5. The number of halogens is 1. The molecule has 1 aromatic carbocycles. The molecule has 0 aliphatic carbocycles. The van der Waals surface area contributed by atoms with Gasteiger partial charge < -0.3 is 15.0 Å². The molecule has 0 spiro atoms. The Morgan fingerprint density at radius 2 is 1.87 bits per heavy atom. The Hall–Kier alpha value is -2.15. The molecule has 6 nitrogen and oxygen atoms in total. The van der Waals surface area contributed by atoms with Gasteiger partial charge >= 0.3 is 0 Å². The number of anilines is 1. The van der Waals surface area contributed by atoms with Gasteiger partial charge in [0.25, 0.3) is 0 Å². The number of nitrogens with one attached hydrogen (secondary N) is 2. The third kappa shape index (κ3) is 4.46. The third-order valence-electron chi connectivity index (χ3n) is 5.65. The summed E-state index contributed by atoms with van der Waals surface area (Å²) < 4.78 is 7.42. The molecule has 1 saturated heterocycles. The molecule has 1 aliphatic rings. The summed E-state index contributed by atoms with van der Waals surface area (Å²) in [5.41, 5.74) is 4.95. The number of quaternary nitrogens is 1. The molecule has 7 heteroatoms. The highest BCUT2D eigenvalue weighted by molar-refractivity contribution is 6.30. The van der Waals surface area contributed by atoms with Gasteiger partial charge in [-0.05, 0) is 24.6 Å². The van der Waals surface area contributed by atoms with Crippen LogP contribution in [0, 0.1) is 6.92 Å². The number of aromatic nitrogens is 3. The Morgan fingerprint density at radius 3 is 2.53 bits per heavy atom. The van der Waals surface area contributed by atoms with Crippen LogP contribution in [0.5, 0.6) is 0 Å². The fraction of sp³-hybridized carbons (Fsp3) is 0.478. The van der Waals surface area contributed by atoms with E-state index in [2.05, 4.69) is 32.2 Å². The van der Waals surface area contributed by atoms with Crippen LogP contribution in [0.4, 0.5) is 5.82 Å². The van der Waals surface area contributed by atoms with E-state index in [9.17, 15) is 0 Å². The first-order valence-electron chi connectivity index (χ1n) is 10.6. The third-order valence-corrected chi connectivity index (χ3v) is 5.90. The summed E-state index contributed by atoms with van der Waals surface area (Å²) in [5, 5.41) is 9.18. The lowest BCUT2D eigenvalue weighted by Gasteiger charge is -2.24. The van der Waals surface area contributed by atoms with Gasteiger partial charge in [0.2, 0.25) is 0 Å². The van der Waals surface area contributed by atoms with Crippen LogP contribution in [0.1, 0.15) is 32.2 Å². The second-order valence-electron chi connectivity index (χ2n) is 9.02. The number of nitrogens with zero attached hydrogens (tertiary/aromatic N) is 3. The van der Waals surface area contributed by atoms with Crippen molar-refractivity contribution in [3.63, 3.8) is 0 Å². The molecule has 0 radical (unpaired) electrons. The minimum Gasteiger partial charge on any atom is -0.370 e. The van der Waals surface area contributed by atoms with E-state index in [-0.39, 0.29) is 5.41 Å². The minimum atomic E-state index is -0.0664. The normalized spacial score (nSPS) is 15.6. The first-order valence-corrected chi connectivity index (χ1v) is 11.0. The van der Waals surface area contributed by atoms with Crippen LogP contribution in [-0.4, -0.2) is 54.0 Å². The number of morpholine rings is 1. The van der Waals surface area contributed by atoms with E-state index in [4.69, 9.17) is 26.4 Å². The predicted octanol–water partition coefficient (Wildman–Crippen LogP) is 2.98. The van der Waals surface area contributed by atoms with Crippen LogP contribution in [-0.2, 0) is 10.2 Å². The summed E-state index contributed by atoms with van der Waals surface area (Å²) in [5.74, 6) is 0.987. The molecule has 4 rings (SSSR count). The number of hydrogen-bond donors (Lipinski definition) is 2. The second kappa shape index (κ2) is 8.53. The molecule has 30 heavy (non-hydrogen) atoms. The molecule has 0 atom stereocenters. The fourth-order valence-electron chi connectivity index (χ4n) is 3.87. The topological polar surface area (TPSA) is 55.9 Å². The average Bonchev–Trinajstić information content (AvgIpc) is 3.05. The first kappa shape index (κ1) is 21.1. The standard InChI is InChI=1S/C23H30ClN5O/c1-16-21(17-5-7-18(24)8-6-17)22-26-19(23(2,3)4)15-20(29(22)27-16)25-9-10-28-11-13-30-14-12-28/h5-8,15,25H,9-14H2,1-4H3/p+1. The van der Waals surface area contributed by atoms with E-state index in [1.807, 2.05) is 35.7 Å². The van der Waals surface area contributed by atoms with Gasteiger partial charge in [-0.1, -0.05) is 44.5 Å². The summed E-state index contributed by atoms with van der Waals surface area (Å²) in [6.45, 7) is 14.4. The Bertz CT molecular complexity index is 1020. The van der Waals surface area contributed by atoms with Crippen molar-refractivity contribution in [2.75, 3.05) is 44.7 Å². The minimum absolute atomic E-state index is 0.0664. The van der Waals surface area contributed by atoms with Crippen LogP contribution in [0.2, 0.25) is 5.02 Å². The molecule has 0 amide bonds. The summed E-state index contributed by atoms with van der Waals surface area (Å²) in [6, 6.07) is 10.0. The Morgan fingerprint density at radius 1 is 1.17 bits per heavy atom. The number of aryl methyl sites for hydroxylation is 1. The van der Waals surface area contributed by atoms with Crippen LogP contribution in [0.25, 0.3) is 16.8 Å². The molecule has 0 bridgehead atoms. The Balaban J connectivity index is 1.71. The van der Waals surface area contributed by atoms with Crippen molar-refractivity contribution in [1.29, 1.82) is 0 Å². The zero-order chi connectivity index (χ0) is 21.3. The summed E-state index contributed by atoms with van der Waals surface area (Å²) in [6.07, 6.45) is 0. The van der Waals surface area contributed by atoms with E-state index in [0.717, 1.165) is 78.4 Å². The lowest BCUT2D eigenvalue weighted by molar-refractivity contribution is -0.906. The lowest BCUT2D eigenvalue weighted by Crippen LogP contribution is -3.14. The average molecular weight is 429 g/mol. The van der Waals surface area contributed by atoms with E-state index < -0.39 is 0 Å². The number of hydrogen-bond acceptors (Lipinski definition) is 4. The molecular weight excluding hydrogens is 398 g/mol. The Kier molecular flexibility index (Phi) is 6.00. The van der Waals surface area contributed by atoms with Crippen LogP contribution < -0.4 is 10.2 Å². The van der Waals surface area contributed by atoms with Crippen LogP contribution >= 0.6 is 11.6 Å². The zero-order valence-corrected chi connectivity index (χ0v) is 19.0. The Labute approximate surface area is 183 Å². The lowest BCUT2D eigenvalue weighted by atomic mass is 9.92. The number of fused-ring (bicyclic) bond motifs is 1. The van der Waals surface area contributed by atoms with Gasteiger partial charge in [0, 0.05) is 22.1 Å². The van der Waals surface area contributed by atoms with E-state index in [0.29, 0.717) is 0 Å². The van der Waals surface area contributed by atoms with E-state index in [1.165, 1.54) is 0 Å². The van der Waals surface area contributed by atoms with Crippen molar-refractivity contribution < 1.29 is 9.64 Å². The van der Waals surface area contributed by atoms with Crippen molar-refractivity contribution in [2.45, 2.75) is 33.1 Å². The first-order chi connectivity index (χ1) is 14.3. The second-order valence-corrected chi connectivity index (χ2v) is 9.45. The van der Waals surface area contributed by atoms with E-state index in [1.54, 1.807) is 4.90 Å². The van der Waals surface area contributed by atoms with Crippen molar-refractivity contribution in [1.82, 2.24) is 14.6 Å². The van der Waals surface area contributed by atoms with Gasteiger partial charge in [-0.25, -0.2) is 4.98 Å². The number of ether oxygens (including phenoxy) is 1. The molecule has 0 unspecified atom stereocenters.